The van der Waals surface area contributed by atoms with Crippen LogP contribution in [0.4, 0.5) is 0 Å². The molecule has 4 N–H and O–H groups in total. The number of carbonyl (C=O) groups is 1. The summed E-state index contributed by atoms with van der Waals surface area (Å²) in [6, 6.07) is 0. The van der Waals surface area contributed by atoms with E-state index < -0.39 is 5.41 Å². The van der Waals surface area contributed by atoms with Gasteiger partial charge in [-0.05, 0) is 32.9 Å². The molecule has 0 aliphatic heterocycles. The van der Waals surface area contributed by atoms with Crippen molar-refractivity contribution in [2.45, 2.75) is 31.4 Å². The van der Waals surface area contributed by atoms with Gasteiger partial charge < -0.3 is 16.3 Å². The Morgan fingerprint density at radius 1 is 1.62 bits per heavy atom. The predicted octanol–water partition coefficient (Wildman–Crippen LogP) is 0.771. The van der Waals surface area contributed by atoms with E-state index in [0.29, 0.717) is 19.4 Å². The smallest absolute Gasteiger partial charge is 0.234 e. The molecule has 1 aliphatic rings. The minimum Gasteiger partial charge on any atom is -0.409 e. The SMILES string of the molecule is CSC(C)(C)CNC(=O)C1(C(N)=NO)CC1. The molecule has 0 radical (unpaired) electrons. The van der Waals surface area contributed by atoms with Crippen molar-refractivity contribution in [3.8, 4) is 0 Å². The molecule has 1 saturated carbocycles. The lowest BCUT2D eigenvalue weighted by molar-refractivity contribution is -0.124. The quantitative estimate of drug-likeness (QED) is 0.289. The van der Waals surface area contributed by atoms with E-state index in [1.165, 1.54) is 0 Å². The Labute approximate surface area is 99.8 Å². The van der Waals surface area contributed by atoms with E-state index in [0.717, 1.165) is 0 Å². The fraction of sp³-hybridized carbons (Fsp3) is 0.800. The topological polar surface area (TPSA) is 87.7 Å². The molecule has 16 heavy (non-hydrogen) atoms. The molecule has 1 aliphatic carbocycles. The van der Waals surface area contributed by atoms with Crippen LogP contribution < -0.4 is 11.1 Å². The van der Waals surface area contributed by atoms with Crippen molar-refractivity contribution in [2.24, 2.45) is 16.3 Å². The van der Waals surface area contributed by atoms with Crippen molar-refractivity contribution in [2.75, 3.05) is 12.8 Å². The molecule has 5 nitrogen and oxygen atoms in total. The number of nitrogens with one attached hydrogen (secondary N) is 1. The summed E-state index contributed by atoms with van der Waals surface area (Å²) in [6.07, 6.45) is 3.32. The number of nitrogens with two attached hydrogens (primary N) is 1. The Morgan fingerprint density at radius 3 is 2.56 bits per heavy atom. The van der Waals surface area contributed by atoms with Crippen molar-refractivity contribution in [3.63, 3.8) is 0 Å². The number of nitrogens with zero attached hydrogens (tertiary/aromatic N) is 1. The Kier molecular flexibility index (Phi) is 3.72. The van der Waals surface area contributed by atoms with E-state index in [1.54, 1.807) is 11.8 Å². The van der Waals surface area contributed by atoms with Crippen LogP contribution in [0.3, 0.4) is 0 Å². The van der Waals surface area contributed by atoms with Gasteiger partial charge in [-0.25, -0.2) is 0 Å². The number of carbonyl (C=O) groups excluding carboxylic acids is 1. The second kappa shape index (κ2) is 4.53. The maximum Gasteiger partial charge on any atom is 0.234 e. The Hall–Kier alpha value is -0.910. The van der Waals surface area contributed by atoms with Gasteiger partial charge in [-0.15, -0.1) is 0 Å². The molecule has 0 aromatic heterocycles. The van der Waals surface area contributed by atoms with Crippen molar-refractivity contribution in [3.05, 3.63) is 0 Å². The van der Waals surface area contributed by atoms with E-state index in [4.69, 9.17) is 10.9 Å². The molecule has 1 fully saturated rings. The van der Waals surface area contributed by atoms with E-state index in [1.807, 2.05) is 6.26 Å². The van der Waals surface area contributed by atoms with Crippen LogP contribution in [0.15, 0.2) is 5.16 Å². The normalized spacial score (nSPS) is 19.3. The van der Waals surface area contributed by atoms with Gasteiger partial charge in [0, 0.05) is 11.3 Å². The predicted molar refractivity (Wildman–Crippen MR) is 65.7 cm³/mol. The molecule has 1 amide bonds. The minimum atomic E-state index is -0.747. The summed E-state index contributed by atoms with van der Waals surface area (Å²) in [5.74, 6) is -0.114. The number of rotatable bonds is 5. The zero-order valence-electron chi connectivity index (χ0n) is 9.91. The van der Waals surface area contributed by atoms with Crippen LogP contribution in [0.1, 0.15) is 26.7 Å². The fourth-order valence-corrected chi connectivity index (χ4v) is 1.57. The van der Waals surface area contributed by atoms with Gasteiger partial charge in [0.05, 0.1) is 0 Å². The van der Waals surface area contributed by atoms with Crippen LogP contribution in [0, 0.1) is 5.41 Å². The molecule has 0 saturated heterocycles. The van der Waals surface area contributed by atoms with Crippen molar-refractivity contribution >= 4 is 23.5 Å². The number of amidine groups is 1. The largest absolute Gasteiger partial charge is 0.409 e. The van der Waals surface area contributed by atoms with Crippen molar-refractivity contribution < 1.29 is 10.0 Å². The highest BCUT2D eigenvalue weighted by Gasteiger charge is 2.54. The molecule has 92 valence electrons. The van der Waals surface area contributed by atoms with E-state index in [9.17, 15) is 4.79 Å². The Balaban J connectivity index is 2.54. The monoisotopic (exact) mass is 245 g/mol. The van der Waals surface area contributed by atoms with E-state index in [-0.39, 0.29) is 16.5 Å². The maximum absolute atomic E-state index is 11.9. The van der Waals surface area contributed by atoms with Crippen LogP contribution >= 0.6 is 11.8 Å². The first-order chi connectivity index (χ1) is 7.38. The van der Waals surface area contributed by atoms with E-state index >= 15 is 0 Å². The highest BCUT2D eigenvalue weighted by atomic mass is 32.2. The van der Waals surface area contributed by atoms with Crippen molar-refractivity contribution in [1.82, 2.24) is 5.32 Å². The Bertz CT molecular complexity index is 311. The average molecular weight is 245 g/mol. The number of thioether (sulfide) groups is 1. The third-order valence-electron chi connectivity index (χ3n) is 3.01. The number of oxime groups is 1. The molecule has 0 aromatic rings. The fourth-order valence-electron chi connectivity index (χ4n) is 1.35. The lowest BCUT2D eigenvalue weighted by atomic mass is 10.0. The minimum absolute atomic E-state index is 0.00312. The van der Waals surface area contributed by atoms with Gasteiger partial charge in [-0.3, -0.25) is 4.79 Å². The second-order valence-corrected chi connectivity index (χ2v) is 6.23. The molecule has 0 aromatic carbocycles. The lowest BCUT2D eigenvalue weighted by Crippen LogP contribution is -2.44. The number of hydrogen-bond acceptors (Lipinski definition) is 4. The van der Waals surface area contributed by atoms with Gasteiger partial charge in [0.1, 0.15) is 5.41 Å². The van der Waals surface area contributed by atoms with Gasteiger partial charge in [0.25, 0.3) is 0 Å². The highest BCUT2D eigenvalue weighted by molar-refractivity contribution is 7.99. The summed E-state index contributed by atoms with van der Waals surface area (Å²) in [6.45, 7) is 4.69. The summed E-state index contributed by atoms with van der Waals surface area (Å²) in [5.41, 5.74) is 4.77. The Morgan fingerprint density at radius 2 is 2.19 bits per heavy atom. The molecule has 0 unspecified atom stereocenters. The first-order valence-corrected chi connectivity index (χ1v) is 6.42. The molecular formula is C10H19N3O2S. The molecular weight excluding hydrogens is 226 g/mol. The summed E-state index contributed by atoms with van der Waals surface area (Å²) in [7, 11) is 0. The van der Waals surface area contributed by atoms with Gasteiger partial charge in [0.15, 0.2) is 5.84 Å². The average Bonchev–Trinajstić information content (AvgIpc) is 3.06. The first-order valence-electron chi connectivity index (χ1n) is 5.19. The third-order valence-corrected chi connectivity index (χ3v) is 4.26. The molecule has 0 heterocycles. The van der Waals surface area contributed by atoms with E-state index in [2.05, 4.69) is 24.3 Å². The molecule has 6 heteroatoms. The van der Waals surface area contributed by atoms with Crippen LogP contribution in [-0.2, 0) is 4.79 Å². The summed E-state index contributed by atoms with van der Waals surface area (Å²) in [4.78, 5) is 11.9. The first kappa shape index (κ1) is 13.2. The highest BCUT2D eigenvalue weighted by Crippen LogP contribution is 2.46. The third kappa shape index (κ3) is 2.61. The van der Waals surface area contributed by atoms with Gasteiger partial charge >= 0.3 is 0 Å². The van der Waals surface area contributed by atoms with Crippen LogP contribution in [0.5, 0.6) is 0 Å². The summed E-state index contributed by atoms with van der Waals surface area (Å²) < 4.78 is -0.00312. The molecule has 1 rings (SSSR count). The zero-order chi connectivity index (χ0) is 12.4. The van der Waals surface area contributed by atoms with Gasteiger partial charge in [0.2, 0.25) is 5.91 Å². The number of amides is 1. The molecule has 0 bridgehead atoms. The molecule has 0 spiro atoms. The van der Waals surface area contributed by atoms with Crippen LogP contribution in [0.25, 0.3) is 0 Å². The summed E-state index contributed by atoms with van der Waals surface area (Å²) >= 11 is 1.69. The van der Waals surface area contributed by atoms with Crippen LogP contribution in [-0.4, -0.2) is 34.5 Å². The van der Waals surface area contributed by atoms with Crippen molar-refractivity contribution in [1.29, 1.82) is 0 Å². The standard InChI is InChI=1S/C10H19N3O2S/c1-9(2,16-3)6-12-8(14)10(4-5-10)7(11)13-15/h15H,4-6H2,1-3H3,(H2,11,13)(H,12,14). The molecule has 0 atom stereocenters. The maximum atomic E-state index is 11.9. The zero-order valence-corrected chi connectivity index (χ0v) is 10.7. The second-order valence-electron chi connectivity index (χ2n) is 4.71. The number of hydrogen-bond donors (Lipinski definition) is 3. The van der Waals surface area contributed by atoms with Crippen LogP contribution in [0.2, 0.25) is 0 Å². The summed E-state index contributed by atoms with van der Waals surface area (Å²) in [5, 5.41) is 14.4. The van der Waals surface area contributed by atoms with Gasteiger partial charge in [-0.2, -0.15) is 11.8 Å². The lowest BCUT2D eigenvalue weighted by Gasteiger charge is -2.23. The van der Waals surface area contributed by atoms with Gasteiger partial charge in [-0.1, -0.05) is 5.16 Å².